The van der Waals surface area contributed by atoms with Gasteiger partial charge < -0.3 is 10.1 Å². The Labute approximate surface area is 97.5 Å². The van der Waals surface area contributed by atoms with E-state index in [1.807, 2.05) is 19.9 Å². The van der Waals surface area contributed by atoms with Crippen molar-refractivity contribution in [3.05, 3.63) is 18.1 Å². The zero-order valence-electron chi connectivity index (χ0n) is 10.5. The van der Waals surface area contributed by atoms with Crippen molar-refractivity contribution in [2.24, 2.45) is 0 Å². The lowest BCUT2D eigenvalue weighted by Crippen LogP contribution is -2.14. The van der Waals surface area contributed by atoms with Gasteiger partial charge in [-0.1, -0.05) is 13.8 Å². The van der Waals surface area contributed by atoms with Crippen LogP contribution in [0.3, 0.4) is 0 Å². The molecule has 1 N–H and O–H groups in total. The van der Waals surface area contributed by atoms with Gasteiger partial charge in [-0.2, -0.15) is 0 Å². The lowest BCUT2D eigenvalue weighted by Gasteiger charge is -2.10. The minimum absolute atomic E-state index is 0.276. The minimum atomic E-state index is 0.276. The highest BCUT2D eigenvalue weighted by Gasteiger charge is 2.02. The van der Waals surface area contributed by atoms with Gasteiger partial charge in [0.2, 0.25) is 0 Å². The molecule has 0 atom stereocenters. The molecule has 1 rings (SSSR count). The Hall–Kier alpha value is -1.16. The lowest BCUT2D eigenvalue weighted by molar-refractivity contribution is 0.0870. The number of nitrogens with zero attached hydrogens (tertiary/aromatic N) is 2. The molecule has 0 saturated carbocycles. The monoisotopic (exact) mass is 223 g/mol. The second-order valence-electron chi connectivity index (χ2n) is 4.33. The summed E-state index contributed by atoms with van der Waals surface area (Å²) < 4.78 is 5.44. The summed E-state index contributed by atoms with van der Waals surface area (Å²) in [5.41, 5.74) is 1.06. The first-order valence-corrected chi connectivity index (χ1v) is 5.77. The van der Waals surface area contributed by atoms with Crippen molar-refractivity contribution in [3.8, 4) is 0 Å². The molecule has 4 heteroatoms. The molecule has 1 aromatic rings. The quantitative estimate of drug-likeness (QED) is 0.752. The molecule has 0 aliphatic carbocycles. The first-order chi connectivity index (χ1) is 7.59. The fraction of sp³-hybridized carbons (Fsp3) is 0.667. The van der Waals surface area contributed by atoms with Gasteiger partial charge in [0.15, 0.2) is 0 Å². The number of hydrogen-bond donors (Lipinski definition) is 1. The van der Waals surface area contributed by atoms with Crippen molar-refractivity contribution < 1.29 is 4.74 Å². The van der Waals surface area contributed by atoms with Gasteiger partial charge in [0.05, 0.1) is 12.7 Å². The van der Waals surface area contributed by atoms with Crippen LogP contribution in [0.25, 0.3) is 0 Å². The summed E-state index contributed by atoms with van der Waals surface area (Å²) in [6.07, 6.45) is 1.87. The van der Waals surface area contributed by atoms with Crippen LogP contribution >= 0.6 is 0 Å². The summed E-state index contributed by atoms with van der Waals surface area (Å²) in [7, 11) is 0. The zero-order chi connectivity index (χ0) is 12.0. The first-order valence-electron chi connectivity index (χ1n) is 5.77. The molecule has 90 valence electrons. The highest BCUT2D eigenvalue weighted by atomic mass is 16.5. The minimum Gasteiger partial charge on any atom is -0.377 e. The molecule has 4 nitrogen and oxygen atoms in total. The molecule has 0 aliphatic rings. The van der Waals surface area contributed by atoms with E-state index in [4.69, 9.17) is 4.74 Å². The van der Waals surface area contributed by atoms with E-state index >= 15 is 0 Å². The molecule has 0 radical (unpaired) electrons. The smallest absolute Gasteiger partial charge is 0.129 e. The van der Waals surface area contributed by atoms with Crippen LogP contribution in [-0.4, -0.2) is 29.2 Å². The van der Waals surface area contributed by atoms with E-state index in [1.165, 1.54) is 0 Å². The Balaban J connectivity index is 2.39. The van der Waals surface area contributed by atoms with Gasteiger partial charge in [-0.05, 0) is 19.8 Å². The molecule has 0 saturated heterocycles. The summed E-state index contributed by atoms with van der Waals surface area (Å²) in [6.45, 7) is 9.76. The van der Waals surface area contributed by atoms with Crippen LogP contribution < -0.4 is 5.32 Å². The van der Waals surface area contributed by atoms with E-state index in [2.05, 4.69) is 29.1 Å². The van der Waals surface area contributed by atoms with Crippen LogP contribution in [-0.2, 0) is 4.74 Å². The maximum atomic E-state index is 5.44. The number of nitrogens with one attached hydrogen (secondary N) is 1. The Morgan fingerprint density at radius 2 is 2.00 bits per heavy atom. The van der Waals surface area contributed by atoms with Gasteiger partial charge >= 0.3 is 0 Å². The second kappa shape index (κ2) is 6.43. The highest BCUT2D eigenvalue weighted by molar-refractivity contribution is 5.35. The third-order valence-corrected chi connectivity index (χ3v) is 2.14. The van der Waals surface area contributed by atoms with Crippen molar-refractivity contribution in [3.63, 3.8) is 0 Å². The maximum Gasteiger partial charge on any atom is 0.129 e. The van der Waals surface area contributed by atoms with E-state index in [0.717, 1.165) is 18.1 Å². The normalized spacial score (nSPS) is 11.1. The van der Waals surface area contributed by atoms with Crippen LogP contribution in [0, 0.1) is 0 Å². The summed E-state index contributed by atoms with van der Waals surface area (Å²) >= 11 is 0. The van der Waals surface area contributed by atoms with Crippen LogP contribution in [0.5, 0.6) is 0 Å². The third kappa shape index (κ3) is 4.57. The topological polar surface area (TPSA) is 47.0 Å². The van der Waals surface area contributed by atoms with Crippen LogP contribution in [0.1, 0.15) is 39.3 Å². The Morgan fingerprint density at radius 3 is 2.62 bits per heavy atom. The van der Waals surface area contributed by atoms with Gasteiger partial charge in [-0.25, -0.2) is 9.97 Å². The molecule has 1 heterocycles. The fourth-order valence-corrected chi connectivity index (χ4v) is 1.26. The molecule has 0 fully saturated rings. The second-order valence-corrected chi connectivity index (χ2v) is 4.33. The Bertz CT molecular complexity index is 313. The summed E-state index contributed by atoms with van der Waals surface area (Å²) in [5, 5.41) is 3.22. The van der Waals surface area contributed by atoms with E-state index in [1.54, 1.807) is 6.33 Å². The Morgan fingerprint density at radius 1 is 1.25 bits per heavy atom. The van der Waals surface area contributed by atoms with Crippen molar-refractivity contribution in [2.45, 2.75) is 39.7 Å². The number of anilines is 1. The molecule has 0 spiro atoms. The number of ether oxygens (including phenoxy) is 1. The molecule has 0 unspecified atom stereocenters. The summed E-state index contributed by atoms with van der Waals surface area (Å²) in [6, 6.07) is 1.99. The van der Waals surface area contributed by atoms with Crippen LogP contribution in [0.15, 0.2) is 12.4 Å². The standard InChI is InChI=1S/C12H21N3O/c1-9(2)11-7-12(15-8-14-11)13-5-6-16-10(3)4/h7-10H,5-6H2,1-4H3,(H,13,14,15). The molecule has 0 aliphatic heterocycles. The average molecular weight is 223 g/mol. The number of aromatic nitrogens is 2. The predicted octanol–water partition coefficient (Wildman–Crippen LogP) is 2.44. The van der Waals surface area contributed by atoms with Crippen molar-refractivity contribution in [1.82, 2.24) is 9.97 Å². The van der Waals surface area contributed by atoms with Gasteiger partial charge in [0, 0.05) is 18.3 Å². The van der Waals surface area contributed by atoms with E-state index < -0.39 is 0 Å². The molecular formula is C12H21N3O. The van der Waals surface area contributed by atoms with Gasteiger partial charge in [-0.3, -0.25) is 0 Å². The highest BCUT2D eigenvalue weighted by Crippen LogP contribution is 2.13. The van der Waals surface area contributed by atoms with Gasteiger partial charge in [0.25, 0.3) is 0 Å². The fourth-order valence-electron chi connectivity index (χ4n) is 1.26. The van der Waals surface area contributed by atoms with Crippen LogP contribution in [0.4, 0.5) is 5.82 Å². The van der Waals surface area contributed by atoms with Gasteiger partial charge in [0.1, 0.15) is 12.1 Å². The van der Waals surface area contributed by atoms with Crippen molar-refractivity contribution in [2.75, 3.05) is 18.5 Å². The van der Waals surface area contributed by atoms with Crippen molar-refractivity contribution >= 4 is 5.82 Å². The zero-order valence-corrected chi connectivity index (χ0v) is 10.5. The molecule has 0 aromatic carbocycles. The largest absolute Gasteiger partial charge is 0.377 e. The number of rotatable bonds is 6. The summed E-state index contributed by atoms with van der Waals surface area (Å²) in [4.78, 5) is 8.37. The molecule has 0 amide bonds. The number of hydrogen-bond acceptors (Lipinski definition) is 4. The van der Waals surface area contributed by atoms with Crippen LogP contribution in [0.2, 0.25) is 0 Å². The average Bonchev–Trinajstić information content (AvgIpc) is 2.24. The molecule has 16 heavy (non-hydrogen) atoms. The van der Waals surface area contributed by atoms with E-state index in [0.29, 0.717) is 12.5 Å². The molecule has 1 aromatic heterocycles. The van der Waals surface area contributed by atoms with E-state index in [9.17, 15) is 0 Å². The maximum absolute atomic E-state index is 5.44. The van der Waals surface area contributed by atoms with Gasteiger partial charge in [-0.15, -0.1) is 0 Å². The molecule has 0 bridgehead atoms. The van der Waals surface area contributed by atoms with E-state index in [-0.39, 0.29) is 6.10 Å². The Kier molecular flexibility index (Phi) is 5.19. The first kappa shape index (κ1) is 12.9. The third-order valence-electron chi connectivity index (χ3n) is 2.14. The summed E-state index contributed by atoms with van der Waals surface area (Å²) in [5.74, 6) is 1.29. The molecular weight excluding hydrogens is 202 g/mol. The predicted molar refractivity (Wildman–Crippen MR) is 65.7 cm³/mol. The SMILES string of the molecule is CC(C)OCCNc1cc(C(C)C)ncn1. The van der Waals surface area contributed by atoms with Crippen molar-refractivity contribution in [1.29, 1.82) is 0 Å². The lowest BCUT2D eigenvalue weighted by atomic mass is 10.1.